The van der Waals surface area contributed by atoms with E-state index in [4.69, 9.17) is 4.74 Å². The molecule has 0 aromatic heterocycles. The first kappa shape index (κ1) is 24.6. The van der Waals surface area contributed by atoms with Crippen LogP contribution >= 0.6 is 31.9 Å². The lowest BCUT2D eigenvalue weighted by molar-refractivity contribution is -0.122. The molecule has 3 aromatic carbocycles. The van der Waals surface area contributed by atoms with Gasteiger partial charge in [-0.25, -0.2) is 9.69 Å². The second-order valence-corrected chi connectivity index (χ2v) is 12.4. The van der Waals surface area contributed by atoms with Crippen molar-refractivity contribution in [1.29, 1.82) is 0 Å². The molecule has 0 radical (unpaired) electrons. The van der Waals surface area contributed by atoms with E-state index in [2.05, 4.69) is 38.8 Å². The lowest BCUT2D eigenvalue weighted by Gasteiger charge is -2.55. The number of esters is 1. The summed E-state index contributed by atoms with van der Waals surface area (Å²) in [5.41, 5.74) is 4.64. The highest BCUT2D eigenvalue weighted by atomic mass is 79.9. The highest BCUT2D eigenvalue weighted by Crippen LogP contribution is 2.70. The van der Waals surface area contributed by atoms with Gasteiger partial charge < -0.3 is 4.74 Å². The van der Waals surface area contributed by atoms with E-state index in [1.165, 1.54) is 4.90 Å². The molecule has 3 aliphatic carbocycles. The first-order valence-electron chi connectivity index (χ1n) is 12.6. The van der Waals surface area contributed by atoms with E-state index >= 15 is 0 Å². The van der Waals surface area contributed by atoms with Crippen molar-refractivity contribution in [3.05, 3.63) is 101 Å². The molecule has 2 atom stereocenters. The number of ether oxygens (including phenoxy) is 1. The number of amides is 2. The van der Waals surface area contributed by atoms with E-state index < -0.39 is 26.5 Å². The van der Waals surface area contributed by atoms with Crippen LogP contribution in [0, 0.1) is 11.8 Å². The summed E-state index contributed by atoms with van der Waals surface area (Å²) in [5.74, 6) is -2.34. The Balaban J connectivity index is 1.43. The maximum Gasteiger partial charge on any atom is 0.338 e. The van der Waals surface area contributed by atoms with Gasteiger partial charge in [-0.3, -0.25) is 9.59 Å². The molecule has 1 aliphatic heterocycles. The SMILES string of the molecule is CCCCCOC(=O)c1cccc(N2C(=O)C3C(C2=O)C2(Br)c4ccccc4C3(Br)c3ccccc32)c1. The summed E-state index contributed by atoms with van der Waals surface area (Å²) in [6.07, 6.45) is 2.82. The van der Waals surface area contributed by atoms with Crippen LogP contribution in [0.3, 0.4) is 0 Å². The highest BCUT2D eigenvalue weighted by molar-refractivity contribution is 9.10. The van der Waals surface area contributed by atoms with Crippen molar-refractivity contribution in [3.8, 4) is 0 Å². The minimum Gasteiger partial charge on any atom is -0.462 e. The van der Waals surface area contributed by atoms with Crippen LogP contribution in [0.1, 0.15) is 58.8 Å². The number of unbranched alkanes of at least 4 members (excludes halogenated alkanes) is 2. The second kappa shape index (κ2) is 8.91. The van der Waals surface area contributed by atoms with E-state index in [1.54, 1.807) is 24.3 Å². The van der Waals surface area contributed by atoms with Crippen LogP contribution in [0.25, 0.3) is 0 Å². The van der Waals surface area contributed by atoms with Gasteiger partial charge in [0.05, 0.1) is 38.3 Å². The summed E-state index contributed by atoms with van der Waals surface area (Å²) < 4.78 is 3.72. The smallest absolute Gasteiger partial charge is 0.338 e. The number of alkyl halides is 2. The van der Waals surface area contributed by atoms with Crippen molar-refractivity contribution in [2.75, 3.05) is 11.5 Å². The van der Waals surface area contributed by atoms with Crippen LogP contribution in [0.4, 0.5) is 5.69 Å². The van der Waals surface area contributed by atoms with Crippen LogP contribution in [0.15, 0.2) is 72.8 Å². The van der Waals surface area contributed by atoms with E-state index in [0.717, 1.165) is 41.5 Å². The molecule has 2 bridgehead atoms. The molecule has 0 spiro atoms. The summed E-state index contributed by atoms with van der Waals surface area (Å²) >= 11 is 8.03. The average molecular weight is 623 g/mol. The summed E-state index contributed by atoms with van der Waals surface area (Å²) in [4.78, 5) is 42.3. The molecule has 2 unspecified atom stereocenters. The van der Waals surface area contributed by atoms with Crippen LogP contribution < -0.4 is 4.90 Å². The van der Waals surface area contributed by atoms with Crippen LogP contribution in [-0.4, -0.2) is 24.4 Å². The normalized spacial score (nSPS) is 27.1. The predicted octanol–water partition coefficient (Wildman–Crippen LogP) is 6.44. The van der Waals surface area contributed by atoms with Crippen LogP contribution in [0.5, 0.6) is 0 Å². The van der Waals surface area contributed by atoms with Gasteiger partial charge in [-0.05, 0) is 46.9 Å². The monoisotopic (exact) mass is 621 g/mol. The minimum absolute atomic E-state index is 0.284. The van der Waals surface area contributed by atoms with Gasteiger partial charge in [0.25, 0.3) is 0 Å². The molecule has 37 heavy (non-hydrogen) atoms. The fourth-order valence-corrected chi connectivity index (χ4v) is 8.60. The molecular weight excluding hydrogens is 598 g/mol. The standard InChI is InChI=1S/C30H25Br2NO4/c1-2-3-8-16-37-28(36)18-10-9-11-19(17-18)33-26(34)24-25(27(33)35)30(32)21-13-5-4-12-20(21)29(24,31)22-14-6-7-15-23(22)30/h4-7,9-15,17,24-25H,2-3,8,16H2,1H3. The summed E-state index contributed by atoms with van der Waals surface area (Å²) in [5, 5.41) is 0. The molecule has 1 saturated heterocycles. The van der Waals surface area contributed by atoms with Gasteiger partial charge in [0.2, 0.25) is 11.8 Å². The van der Waals surface area contributed by atoms with Crippen molar-refractivity contribution in [2.24, 2.45) is 11.8 Å². The lowest BCUT2D eigenvalue weighted by atomic mass is 9.54. The zero-order chi connectivity index (χ0) is 25.9. The van der Waals surface area contributed by atoms with Gasteiger partial charge in [-0.2, -0.15) is 0 Å². The van der Waals surface area contributed by atoms with Gasteiger partial charge in [0.1, 0.15) is 0 Å². The minimum atomic E-state index is -0.850. The molecule has 3 aromatic rings. The quantitative estimate of drug-likeness (QED) is 0.137. The number of carbonyl (C=O) groups is 3. The molecule has 188 valence electrons. The molecule has 2 amide bonds. The maximum absolute atomic E-state index is 14.2. The molecular formula is C30H25Br2NO4. The number of hydrogen-bond acceptors (Lipinski definition) is 4. The number of carbonyl (C=O) groups excluding carboxylic acids is 3. The summed E-state index contributed by atoms with van der Waals surface area (Å²) in [6, 6.07) is 22.6. The predicted molar refractivity (Wildman–Crippen MR) is 148 cm³/mol. The van der Waals surface area contributed by atoms with Gasteiger partial charge in [0.15, 0.2) is 0 Å². The fourth-order valence-electron chi connectivity index (χ4n) is 6.29. The topological polar surface area (TPSA) is 63.7 Å². The van der Waals surface area contributed by atoms with Gasteiger partial charge >= 0.3 is 5.97 Å². The number of anilines is 1. The van der Waals surface area contributed by atoms with Gasteiger partial charge in [-0.1, -0.05) is 106 Å². The molecule has 0 saturated carbocycles. The Morgan fingerprint density at radius 1 is 0.811 bits per heavy atom. The average Bonchev–Trinajstić information content (AvgIpc) is 3.20. The molecule has 4 aliphatic rings. The number of imide groups is 1. The van der Waals surface area contributed by atoms with Crippen LogP contribution in [0.2, 0.25) is 0 Å². The highest BCUT2D eigenvalue weighted by Gasteiger charge is 2.72. The third-order valence-electron chi connectivity index (χ3n) is 7.91. The first-order chi connectivity index (χ1) is 17.8. The van der Waals surface area contributed by atoms with Gasteiger partial charge in [-0.15, -0.1) is 0 Å². The second-order valence-electron chi connectivity index (χ2n) is 9.88. The lowest BCUT2D eigenvalue weighted by Crippen LogP contribution is -2.56. The van der Waals surface area contributed by atoms with E-state index in [9.17, 15) is 14.4 Å². The summed E-state index contributed by atoms with van der Waals surface area (Å²) in [7, 11) is 0. The Morgan fingerprint density at radius 3 is 1.81 bits per heavy atom. The van der Waals surface area contributed by atoms with Crippen molar-refractivity contribution in [3.63, 3.8) is 0 Å². The Morgan fingerprint density at radius 2 is 1.32 bits per heavy atom. The molecule has 5 nitrogen and oxygen atoms in total. The van der Waals surface area contributed by atoms with Crippen LogP contribution in [-0.2, 0) is 23.0 Å². The Labute approximate surface area is 232 Å². The number of hydrogen-bond donors (Lipinski definition) is 0. The van der Waals surface area contributed by atoms with Crippen molar-refractivity contribution in [2.45, 2.75) is 34.8 Å². The maximum atomic E-state index is 14.2. The van der Waals surface area contributed by atoms with Gasteiger partial charge in [0, 0.05) is 0 Å². The Bertz CT molecular complexity index is 1330. The Hall–Kier alpha value is -2.77. The van der Waals surface area contributed by atoms with Crippen molar-refractivity contribution < 1.29 is 19.1 Å². The van der Waals surface area contributed by atoms with E-state index in [1.807, 2.05) is 48.5 Å². The molecule has 1 fully saturated rings. The third-order valence-corrected chi connectivity index (χ3v) is 10.6. The first-order valence-corrected chi connectivity index (χ1v) is 14.2. The van der Waals surface area contributed by atoms with E-state index in [0.29, 0.717) is 17.9 Å². The largest absolute Gasteiger partial charge is 0.462 e. The third kappa shape index (κ3) is 3.29. The molecule has 7 heteroatoms. The zero-order valence-corrected chi connectivity index (χ0v) is 23.4. The molecule has 1 heterocycles. The molecule has 7 rings (SSSR count). The number of nitrogens with zero attached hydrogens (tertiary/aromatic N) is 1. The van der Waals surface area contributed by atoms with E-state index in [-0.39, 0.29) is 11.8 Å². The number of rotatable bonds is 6. The van der Waals surface area contributed by atoms with Crippen molar-refractivity contribution >= 4 is 55.3 Å². The fraction of sp³-hybridized carbons (Fsp3) is 0.300. The number of halogens is 2. The Kier molecular flexibility index (Phi) is 5.92. The zero-order valence-electron chi connectivity index (χ0n) is 20.2. The number of benzene rings is 3. The summed E-state index contributed by atoms with van der Waals surface area (Å²) in [6.45, 7) is 2.43. The van der Waals surface area contributed by atoms with Crippen molar-refractivity contribution in [1.82, 2.24) is 0 Å². The molecule has 0 N–H and O–H groups in total.